The molecule has 0 aliphatic rings. The summed E-state index contributed by atoms with van der Waals surface area (Å²) in [6, 6.07) is 163. The van der Waals surface area contributed by atoms with Gasteiger partial charge in [0.1, 0.15) is 0 Å². The van der Waals surface area contributed by atoms with Gasteiger partial charge in [0.15, 0.2) is 5.69 Å². The fourth-order valence-corrected chi connectivity index (χ4v) is 19.5. The average Bonchev–Trinajstić information content (AvgIpc) is 1.65. The van der Waals surface area contributed by atoms with Crippen molar-refractivity contribution in [2.24, 2.45) is 0 Å². The van der Waals surface area contributed by atoms with E-state index in [1.165, 1.54) is 121 Å². The number of hydrogen-bond acceptors (Lipinski definition) is 0. The van der Waals surface area contributed by atoms with E-state index in [4.69, 9.17) is 6.57 Å². The van der Waals surface area contributed by atoms with Gasteiger partial charge in [-0.2, -0.15) is 0 Å². The molecule has 23 rings (SSSR count). The third kappa shape index (κ3) is 10.8. The smallest absolute Gasteiger partial charge is 0.188 e. The molecule has 548 valence electrons. The zero-order valence-electron chi connectivity index (χ0n) is 63.9. The Morgan fingerprint density at radius 3 is 0.607 bits per heavy atom. The Kier molecular flexibility index (Phi) is 16.3. The second kappa shape index (κ2) is 28.0. The minimum Gasteiger partial charge on any atom is -0.309 e. The number of fused-ring (bicyclic) bond motifs is 15. The lowest BCUT2D eigenvalue weighted by Crippen LogP contribution is -2.31. The quantitative estimate of drug-likeness (QED) is 0.0813. The highest BCUT2D eigenvalue weighted by molar-refractivity contribution is 6.16. The molecule has 0 radical (unpaired) electrons. The summed E-state index contributed by atoms with van der Waals surface area (Å²) >= 11 is 0. The molecule has 0 aliphatic heterocycles. The van der Waals surface area contributed by atoms with Crippen molar-refractivity contribution in [2.45, 2.75) is 10.8 Å². The van der Waals surface area contributed by atoms with Crippen LogP contribution in [0, 0.1) is 6.57 Å². The maximum Gasteiger partial charge on any atom is 0.188 e. The second-order valence-electron chi connectivity index (χ2n) is 30.5. The summed E-state index contributed by atoms with van der Waals surface area (Å²) in [5.41, 5.74) is 26.6. The predicted octanol–water partition coefficient (Wildman–Crippen LogP) is 28.2. The van der Waals surface area contributed by atoms with E-state index in [-0.39, 0.29) is 0 Å². The third-order valence-corrected chi connectivity index (χ3v) is 24.4. The van der Waals surface area contributed by atoms with Crippen molar-refractivity contribution in [2.75, 3.05) is 0 Å². The minimum absolute atomic E-state index is 0.546. The van der Waals surface area contributed by atoms with E-state index in [9.17, 15) is 0 Å². The summed E-state index contributed by atoms with van der Waals surface area (Å²) in [5, 5.41) is 12.1. The molecule has 117 heavy (non-hydrogen) atoms. The SMILES string of the molecule is [C-]#[N+]c1ccc2c(c1)c1ccccc1n2-c1ccc2c(c1)c1ccccc1n2-c1cccc(C(c2ccccc2)(c2ccccc2)c2ccccc2)c1.c1ccc(C(c2ccccc2)(c2ccccc2)c2cccc(-n3c4ccccc4c4cc(-n5c6ccccc6c6cc(-n7c8ccccc8c8ccccc87)ccc65)ccc43)c2)cc1. The summed E-state index contributed by atoms with van der Waals surface area (Å²) in [7, 11) is 0. The van der Waals surface area contributed by atoms with Gasteiger partial charge in [-0.05, 0) is 177 Å². The Balaban J connectivity index is 0.000000144. The standard InChI is InChI=1S/C61H41N3.C50H33N3/c1-4-19-42(20-5-1)61(43-21-6-2-7-22-43,44-23-8-3-9-24-44)45-25-18-26-46(39-45)62-57-33-16-12-29-51(57)53-41-48(36-37-59(53)62)64-58-34-17-13-30-52(58)54-40-47(35-38-60(54)64)63-55-31-14-10-27-49(55)50-28-11-15-32-56(50)63;1-51-39-28-30-48-44(33-39)42-24-11-13-26-46(42)53(48)41-29-31-49-45(34-41)43-25-12-14-27-47(43)52(49)40-23-15-22-38(32-40)50(35-16-5-2-6-17-35,36-18-7-3-8-19-36)37-20-9-4-10-21-37/h1-41H;2-34H. The Morgan fingerprint density at radius 2 is 0.350 bits per heavy atom. The number of rotatable bonds is 13. The second-order valence-corrected chi connectivity index (χ2v) is 30.5. The molecule has 0 spiro atoms. The summed E-state index contributed by atoms with van der Waals surface area (Å²) in [6.45, 7) is 7.63. The molecule has 0 aliphatic carbocycles. The number of hydrogen-bond donors (Lipinski definition) is 0. The fourth-order valence-electron chi connectivity index (χ4n) is 19.5. The summed E-state index contributed by atoms with van der Waals surface area (Å²) < 4.78 is 12.1. The monoisotopic (exact) mass is 1490 g/mol. The van der Waals surface area contributed by atoms with E-state index in [0.29, 0.717) is 5.69 Å². The first-order chi connectivity index (χ1) is 58.0. The number of nitrogens with zero attached hydrogens (tertiary/aromatic N) is 6. The van der Waals surface area contributed by atoms with E-state index in [2.05, 4.69) is 464 Å². The highest BCUT2D eigenvalue weighted by Gasteiger charge is 2.40. The molecule has 0 unspecified atom stereocenters. The van der Waals surface area contributed by atoms with Gasteiger partial charge < -0.3 is 22.8 Å². The van der Waals surface area contributed by atoms with E-state index in [1.54, 1.807) is 0 Å². The van der Waals surface area contributed by atoms with Crippen molar-refractivity contribution in [3.63, 3.8) is 0 Å². The number of benzene rings is 18. The van der Waals surface area contributed by atoms with Crippen LogP contribution in [-0.4, -0.2) is 22.8 Å². The summed E-state index contributed by atoms with van der Waals surface area (Å²) in [6.07, 6.45) is 0. The lowest BCUT2D eigenvalue weighted by molar-refractivity contribution is 0.744. The lowest BCUT2D eigenvalue weighted by atomic mass is 9.65. The maximum absolute atomic E-state index is 7.63. The van der Waals surface area contributed by atoms with Gasteiger partial charge in [-0.25, -0.2) is 4.85 Å². The molecule has 0 bridgehead atoms. The van der Waals surface area contributed by atoms with Gasteiger partial charge in [-0.15, -0.1) is 0 Å². The summed E-state index contributed by atoms with van der Waals surface area (Å²) in [5.74, 6) is 0. The highest BCUT2D eigenvalue weighted by Crippen LogP contribution is 2.50. The normalized spacial score (nSPS) is 11.9. The number of para-hydroxylation sites is 6. The molecule has 0 amide bonds. The molecule has 5 aromatic heterocycles. The molecule has 18 aromatic carbocycles. The van der Waals surface area contributed by atoms with Gasteiger partial charge in [0.05, 0.1) is 72.6 Å². The molecule has 0 N–H and O–H groups in total. The van der Waals surface area contributed by atoms with Crippen LogP contribution in [0.1, 0.15) is 44.5 Å². The molecular formula is C111H74N6. The molecule has 0 fully saturated rings. The van der Waals surface area contributed by atoms with Gasteiger partial charge in [-0.1, -0.05) is 322 Å². The van der Waals surface area contributed by atoms with Crippen molar-refractivity contribution in [3.05, 3.63) is 505 Å². The van der Waals surface area contributed by atoms with Gasteiger partial charge >= 0.3 is 0 Å². The Labute approximate surface area is 677 Å². The molecule has 0 atom stereocenters. The van der Waals surface area contributed by atoms with Crippen LogP contribution in [0.3, 0.4) is 0 Å². The predicted molar refractivity (Wildman–Crippen MR) is 487 cm³/mol. The van der Waals surface area contributed by atoms with Gasteiger partial charge in [0.2, 0.25) is 0 Å². The van der Waals surface area contributed by atoms with Crippen molar-refractivity contribution < 1.29 is 0 Å². The van der Waals surface area contributed by atoms with E-state index in [0.717, 1.165) is 61.3 Å². The Morgan fingerprint density at radius 1 is 0.154 bits per heavy atom. The van der Waals surface area contributed by atoms with Crippen LogP contribution in [0.25, 0.3) is 142 Å². The van der Waals surface area contributed by atoms with E-state index >= 15 is 0 Å². The topological polar surface area (TPSA) is 29.0 Å². The Hall–Kier alpha value is -15.6. The van der Waals surface area contributed by atoms with Crippen LogP contribution in [0.15, 0.2) is 449 Å². The largest absolute Gasteiger partial charge is 0.309 e. The van der Waals surface area contributed by atoms with E-state index < -0.39 is 10.8 Å². The molecule has 6 heteroatoms. The number of aromatic nitrogens is 5. The molecular weight excluding hydrogens is 1420 g/mol. The third-order valence-electron chi connectivity index (χ3n) is 24.4. The van der Waals surface area contributed by atoms with Crippen molar-refractivity contribution in [3.8, 4) is 28.4 Å². The summed E-state index contributed by atoms with van der Waals surface area (Å²) in [4.78, 5) is 3.73. The van der Waals surface area contributed by atoms with Crippen LogP contribution < -0.4 is 0 Å². The Bertz CT molecular complexity index is 7570. The van der Waals surface area contributed by atoms with Crippen LogP contribution in [0.4, 0.5) is 5.69 Å². The maximum atomic E-state index is 7.63. The van der Waals surface area contributed by atoms with E-state index in [1.807, 2.05) is 12.1 Å². The van der Waals surface area contributed by atoms with Gasteiger partial charge in [0, 0.05) is 76.9 Å². The molecule has 5 heterocycles. The first kappa shape index (κ1) is 68.3. The fraction of sp³-hybridized carbons (Fsp3) is 0.0180. The van der Waals surface area contributed by atoms with Gasteiger partial charge in [0.25, 0.3) is 0 Å². The minimum atomic E-state index is -0.552. The first-order valence-corrected chi connectivity index (χ1v) is 40.1. The zero-order valence-corrected chi connectivity index (χ0v) is 63.9. The van der Waals surface area contributed by atoms with Crippen LogP contribution in [0.2, 0.25) is 0 Å². The lowest BCUT2D eigenvalue weighted by Gasteiger charge is -2.37. The zero-order chi connectivity index (χ0) is 77.5. The van der Waals surface area contributed by atoms with Crippen molar-refractivity contribution >= 4 is 115 Å². The highest BCUT2D eigenvalue weighted by atomic mass is 15.0. The van der Waals surface area contributed by atoms with Crippen molar-refractivity contribution in [1.82, 2.24) is 22.8 Å². The van der Waals surface area contributed by atoms with Crippen LogP contribution in [-0.2, 0) is 10.8 Å². The molecule has 6 nitrogen and oxygen atoms in total. The average molecular weight is 1490 g/mol. The molecule has 0 saturated heterocycles. The molecule has 0 saturated carbocycles. The molecule has 23 aromatic rings. The van der Waals surface area contributed by atoms with Crippen LogP contribution >= 0.6 is 0 Å². The van der Waals surface area contributed by atoms with Gasteiger partial charge in [-0.3, -0.25) is 0 Å². The van der Waals surface area contributed by atoms with Crippen molar-refractivity contribution in [1.29, 1.82) is 0 Å². The van der Waals surface area contributed by atoms with Crippen LogP contribution in [0.5, 0.6) is 0 Å². The first-order valence-electron chi connectivity index (χ1n) is 40.1.